The number of carbonyl (C=O) groups excluding carboxylic acids is 3. The number of benzene rings is 2. The summed E-state index contributed by atoms with van der Waals surface area (Å²) >= 11 is 0. The zero-order valence-electron chi connectivity index (χ0n) is 28.4. The van der Waals surface area contributed by atoms with E-state index < -0.39 is 29.7 Å². The Kier molecular flexibility index (Phi) is 10.1. The summed E-state index contributed by atoms with van der Waals surface area (Å²) in [6, 6.07) is 11.8. The molecule has 0 radical (unpaired) electrons. The molecule has 2 unspecified atom stereocenters. The van der Waals surface area contributed by atoms with Crippen LogP contribution in [0.15, 0.2) is 48.7 Å². The summed E-state index contributed by atoms with van der Waals surface area (Å²) in [5.41, 5.74) is 2.61. The van der Waals surface area contributed by atoms with Gasteiger partial charge < -0.3 is 34.3 Å². The number of carbonyl (C=O) groups is 3. The second-order valence-electron chi connectivity index (χ2n) is 13.7. The summed E-state index contributed by atoms with van der Waals surface area (Å²) in [6.45, 7) is 8.90. The van der Waals surface area contributed by atoms with Crippen molar-refractivity contribution in [2.75, 3.05) is 26.4 Å². The van der Waals surface area contributed by atoms with Gasteiger partial charge in [-0.3, -0.25) is 19.6 Å². The van der Waals surface area contributed by atoms with E-state index in [-0.39, 0.29) is 42.4 Å². The van der Waals surface area contributed by atoms with Crippen LogP contribution in [0.25, 0.3) is 0 Å². The molecule has 49 heavy (non-hydrogen) atoms. The third-order valence-electron chi connectivity index (χ3n) is 9.09. The number of aliphatic hydroxyl groups excluding tert-OH is 1. The van der Waals surface area contributed by atoms with Gasteiger partial charge in [-0.25, -0.2) is 4.79 Å². The lowest BCUT2D eigenvalue weighted by Gasteiger charge is -2.40. The number of nitrogens with one attached hydrogen (secondary N) is 2. The van der Waals surface area contributed by atoms with Crippen molar-refractivity contribution in [2.24, 2.45) is 0 Å². The number of hydrogen-bond acceptors (Lipinski definition) is 9. The third-order valence-corrected chi connectivity index (χ3v) is 9.09. The van der Waals surface area contributed by atoms with Gasteiger partial charge in [0.1, 0.15) is 23.7 Å². The van der Waals surface area contributed by atoms with Crippen LogP contribution in [0.5, 0.6) is 11.5 Å². The van der Waals surface area contributed by atoms with Crippen LogP contribution in [0.4, 0.5) is 4.79 Å². The number of H-pyrrole nitrogens is 1. The van der Waals surface area contributed by atoms with Crippen molar-refractivity contribution in [2.45, 2.75) is 89.9 Å². The van der Waals surface area contributed by atoms with Crippen molar-refractivity contribution in [1.82, 2.24) is 25.3 Å². The lowest BCUT2D eigenvalue weighted by atomic mass is 9.91. The Balaban J connectivity index is 1.15. The van der Waals surface area contributed by atoms with E-state index in [0.717, 1.165) is 29.7 Å². The summed E-state index contributed by atoms with van der Waals surface area (Å²) in [5.74, 6) is 0.356. The maximum atomic E-state index is 13.5. The predicted molar refractivity (Wildman–Crippen MR) is 178 cm³/mol. The molecule has 2 fully saturated rings. The van der Waals surface area contributed by atoms with Crippen molar-refractivity contribution >= 4 is 17.9 Å². The average molecular weight is 676 g/mol. The highest BCUT2D eigenvalue weighted by molar-refractivity contribution is 6.00. The molecule has 13 nitrogen and oxygen atoms in total. The number of rotatable bonds is 10. The Morgan fingerprint density at radius 1 is 1.06 bits per heavy atom. The van der Waals surface area contributed by atoms with Crippen molar-refractivity contribution < 1.29 is 38.4 Å². The van der Waals surface area contributed by atoms with E-state index >= 15 is 0 Å². The zero-order chi connectivity index (χ0) is 34.7. The first-order valence-corrected chi connectivity index (χ1v) is 16.9. The van der Waals surface area contributed by atoms with Crippen LogP contribution in [0.1, 0.15) is 78.1 Å². The maximum Gasteiger partial charge on any atom is 0.410 e. The van der Waals surface area contributed by atoms with Crippen LogP contribution in [0, 0.1) is 0 Å². The number of amides is 3. The molecule has 3 aliphatic rings. The van der Waals surface area contributed by atoms with Gasteiger partial charge in [0, 0.05) is 24.8 Å². The maximum absolute atomic E-state index is 13.5. The first-order chi connectivity index (χ1) is 23.5. The summed E-state index contributed by atoms with van der Waals surface area (Å²) in [7, 11) is 0. The Morgan fingerprint density at radius 3 is 2.53 bits per heavy atom. The van der Waals surface area contributed by atoms with E-state index in [2.05, 4.69) is 15.5 Å². The molecule has 2 aromatic carbocycles. The predicted octanol–water partition coefficient (Wildman–Crippen LogP) is 3.84. The van der Waals surface area contributed by atoms with E-state index in [0.29, 0.717) is 44.2 Å². The molecule has 3 aromatic rings. The summed E-state index contributed by atoms with van der Waals surface area (Å²) in [6.07, 6.45) is 2.15. The summed E-state index contributed by atoms with van der Waals surface area (Å²) < 4.78 is 23.1. The number of hydrogen-bond donors (Lipinski definition) is 3. The van der Waals surface area contributed by atoms with Crippen molar-refractivity contribution in [3.05, 3.63) is 76.6 Å². The van der Waals surface area contributed by atoms with Gasteiger partial charge in [-0.2, -0.15) is 5.10 Å². The highest BCUT2D eigenvalue weighted by Crippen LogP contribution is 2.33. The number of ether oxygens (including phenoxy) is 4. The first-order valence-electron chi connectivity index (χ1n) is 16.9. The molecule has 0 aliphatic carbocycles. The second kappa shape index (κ2) is 14.5. The van der Waals surface area contributed by atoms with E-state index in [1.54, 1.807) is 45.2 Å². The van der Waals surface area contributed by atoms with Crippen molar-refractivity contribution in [1.29, 1.82) is 0 Å². The van der Waals surface area contributed by atoms with Gasteiger partial charge >= 0.3 is 6.09 Å². The van der Waals surface area contributed by atoms with Gasteiger partial charge in [0.05, 0.1) is 55.3 Å². The smallest absolute Gasteiger partial charge is 0.410 e. The van der Waals surface area contributed by atoms with Crippen LogP contribution < -0.4 is 14.8 Å². The minimum Gasteiger partial charge on any atom is -0.493 e. The van der Waals surface area contributed by atoms with Crippen LogP contribution in [-0.4, -0.2) is 99.2 Å². The molecule has 2 bridgehead atoms. The van der Waals surface area contributed by atoms with Crippen LogP contribution >= 0.6 is 0 Å². The molecule has 262 valence electrons. The van der Waals surface area contributed by atoms with E-state index in [1.165, 1.54) is 4.90 Å². The van der Waals surface area contributed by atoms with Gasteiger partial charge in [-0.1, -0.05) is 6.07 Å². The fraction of sp³-hybridized carbons (Fsp3) is 0.500. The van der Waals surface area contributed by atoms with Gasteiger partial charge in [-0.15, -0.1) is 0 Å². The van der Waals surface area contributed by atoms with Crippen LogP contribution in [0.2, 0.25) is 0 Å². The molecule has 0 saturated carbocycles. The van der Waals surface area contributed by atoms with Crippen LogP contribution in [0.3, 0.4) is 0 Å². The Bertz CT molecular complexity index is 1640. The molecule has 4 heterocycles. The molecule has 1 aromatic heterocycles. The van der Waals surface area contributed by atoms with E-state index in [4.69, 9.17) is 18.9 Å². The Labute approximate surface area is 285 Å². The molecule has 6 rings (SSSR count). The zero-order valence-corrected chi connectivity index (χ0v) is 28.4. The molecule has 3 aliphatic heterocycles. The van der Waals surface area contributed by atoms with Gasteiger partial charge in [0.25, 0.3) is 11.8 Å². The molecule has 13 heteroatoms. The van der Waals surface area contributed by atoms with Crippen LogP contribution in [-0.2, 0) is 29.0 Å². The first kappa shape index (κ1) is 34.3. The fourth-order valence-electron chi connectivity index (χ4n) is 6.72. The molecule has 2 saturated heterocycles. The molecular formula is C36H45N5O8. The standard InChI is InChI=1S/C36H45N5O8/c1-5-47-32-16-23(34(44)41-26-8-9-27(41)21-46-20-26)7-11-29(32)33(43)37-17-31(42)30-15-22-6-10-28(48-19-25-12-13-38-39-25)14-24(22)18-40(30)35(45)49-36(2,3)4/h6-7,10-14,16,26-27,30-31,42H,5,8-9,15,17-21H2,1-4H3,(H,37,43)(H,38,39)/t26?,27?,30-,31+/m0/s1. The van der Waals surface area contributed by atoms with Crippen molar-refractivity contribution in [3.8, 4) is 11.5 Å². The Morgan fingerprint density at radius 2 is 1.84 bits per heavy atom. The van der Waals surface area contributed by atoms with Gasteiger partial charge in [0.15, 0.2) is 0 Å². The number of aromatic nitrogens is 2. The molecule has 3 N–H and O–H groups in total. The lowest BCUT2D eigenvalue weighted by molar-refractivity contribution is -0.0113. The second-order valence-corrected chi connectivity index (χ2v) is 13.7. The summed E-state index contributed by atoms with van der Waals surface area (Å²) in [5, 5.41) is 21.1. The van der Waals surface area contributed by atoms with E-state index in [9.17, 15) is 19.5 Å². The summed E-state index contributed by atoms with van der Waals surface area (Å²) in [4.78, 5) is 43.8. The van der Waals surface area contributed by atoms with Gasteiger partial charge in [-0.05, 0) is 94.5 Å². The molecular weight excluding hydrogens is 630 g/mol. The number of aromatic amines is 1. The largest absolute Gasteiger partial charge is 0.493 e. The molecule has 3 amide bonds. The Hall–Kier alpha value is -4.62. The SMILES string of the molecule is CCOc1cc(C(=O)N2C3CCC2COC3)ccc1C(=O)NC[C@@H](O)[C@@H]1Cc2ccc(OCc3ccn[nH]3)cc2CN1C(=O)OC(C)(C)C. The normalized spacial score (nSPS) is 20.7. The minimum absolute atomic E-state index is 0.0567. The fourth-order valence-corrected chi connectivity index (χ4v) is 6.72. The van der Waals surface area contributed by atoms with E-state index in [1.807, 2.05) is 36.1 Å². The average Bonchev–Trinajstić information content (AvgIpc) is 3.69. The number of morpholine rings is 1. The highest BCUT2D eigenvalue weighted by Gasteiger charge is 2.41. The number of aliphatic hydroxyl groups is 1. The number of fused-ring (bicyclic) bond motifs is 3. The van der Waals surface area contributed by atoms with Crippen molar-refractivity contribution in [3.63, 3.8) is 0 Å². The monoisotopic (exact) mass is 675 g/mol. The quantitative estimate of drug-likeness (QED) is 0.291. The highest BCUT2D eigenvalue weighted by atomic mass is 16.6. The number of nitrogens with zero attached hydrogens (tertiary/aromatic N) is 3. The van der Waals surface area contributed by atoms with Gasteiger partial charge in [0.2, 0.25) is 0 Å². The third kappa shape index (κ3) is 7.83. The minimum atomic E-state index is -1.12. The molecule has 4 atom stereocenters. The molecule has 0 spiro atoms. The topological polar surface area (TPSA) is 156 Å². The lowest BCUT2D eigenvalue weighted by Crippen LogP contribution is -2.54.